The van der Waals surface area contributed by atoms with E-state index in [1.807, 2.05) is 10.8 Å². The monoisotopic (exact) mass is 401 g/mol. The minimum absolute atomic E-state index is 0.0553. The van der Waals surface area contributed by atoms with Gasteiger partial charge < -0.3 is 15.0 Å². The Balaban J connectivity index is 1.89. The summed E-state index contributed by atoms with van der Waals surface area (Å²) in [5, 5.41) is 12.6. The van der Waals surface area contributed by atoms with E-state index < -0.39 is 0 Å². The van der Waals surface area contributed by atoms with Gasteiger partial charge in [-0.2, -0.15) is 0 Å². The summed E-state index contributed by atoms with van der Waals surface area (Å²) in [6, 6.07) is 3.27. The van der Waals surface area contributed by atoms with Gasteiger partial charge in [0.25, 0.3) is 5.91 Å². The smallest absolute Gasteiger partial charge is 0.255 e. The van der Waals surface area contributed by atoms with E-state index in [4.69, 9.17) is 0 Å². The third-order valence-electron chi connectivity index (χ3n) is 2.71. The Hall–Kier alpha value is -1.34. The fraction of sp³-hybridized carbons (Fsp3) is 0.231. The molecule has 2 aromatic rings. The Labute approximate surface area is 133 Å². The van der Waals surface area contributed by atoms with Gasteiger partial charge in [-0.15, -0.1) is 0 Å². The first kappa shape index (κ1) is 15.1. The summed E-state index contributed by atoms with van der Waals surface area (Å²) in [7, 11) is 0. The van der Waals surface area contributed by atoms with Crippen LogP contribution in [0.3, 0.4) is 0 Å². The van der Waals surface area contributed by atoms with Crippen LogP contribution in [0.15, 0.2) is 39.8 Å². The molecule has 0 saturated heterocycles. The molecule has 0 saturated carbocycles. The third-order valence-corrected chi connectivity index (χ3v) is 3.77. The molecular weight excluding hydrogens is 390 g/mol. The van der Waals surface area contributed by atoms with E-state index in [2.05, 4.69) is 42.2 Å². The summed E-state index contributed by atoms with van der Waals surface area (Å²) >= 11 is 6.49. The first-order chi connectivity index (χ1) is 9.58. The van der Waals surface area contributed by atoms with Crippen LogP contribution in [0, 0.1) is 0 Å². The summed E-state index contributed by atoms with van der Waals surface area (Å²) in [5.74, 6) is -0.351. The molecule has 20 heavy (non-hydrogen) atoms. The summed E-state index contributed by atoms with van der Waals surface area (Å²) in [4.78, 5) is 15.9. The summed E-state index contributed by atoms with van der Waals surface area (Å²) < 4.78 is 3.15. The number of aromatic nitrogens is 2. The molecule has 2 N–H and O–H groups in total. The molecule has 5 nitrogen and oxygen atoms in total. The van der Waals surface area contributed by atoms with Crippen LogP contribution in [0.25, 0.3) is 0 Å². The van der Waals surface area contributed by atoms with Crippen molar-refractivity contribution in [3.63, 3.8) is 0 Å². The number of nitrogens with one attached hydrogen (secondary N) is 1. The van der Waals surface area contributed by atoms with Gasteiger partial charge >= 0.3 is 0 Å². The number of aromatic hydroxyl groups is 1. The predicted molar refractivity (Wildman–Crippen MR) is 82.7 cm³/mol. The van der Waals surface area contributed by atoms with E-state index in [0.29, 0.717) is 11.0 Å². The standard InChI is InChI=1S/C13H13Br2N3O2/c14-9-6-10(12(19)11(15)7-9)13(20)17-2-1-4-18-5-3-16-8-18/h3,5-8,19H,1-2,4H2,(H,17,20). The lowest BCUT2D eigenvalue weighted by Gasteiger charge is -2.09. The van der Waals surface area contributed by atoms with Gasteiger partial charge in [-0.3, -0.25) is 4.79 Å². The van der Waals surface area contributed by atoms with Crippen molar-refractivity contribution >= 4 is 37.8 Å². The highest BCUT2D eigenvalue weighted by molar-refractivity contribution is 9.11. The highest BCUT2D eigenvalue weighted by Gasteiger charge is 2.14. The van der Waals surface area contributed by atoms with Crippen molar-refractivity contribution in [1.82, 2.24) is 14.9 Å². The van der Waals surface area contributed by atoms with Crippen molar-refractivity contribution in [3.05, 3.63) is 45.4 Å². The molecule has 0 spiro atoms. The second-order valence-electron chi connectivity index (χ2n) is 4.19. The molecule has 1 aromatic carbocycles. The lowest BCUT2D eigenvalue weighted by Crippen LogP contribution is -2.25. The van der Waals surface area contributed by atoms with Crippen molar-refractivity contribution in [1.29, 1.82) is 0 Å². The average Bonchev–Trinajstić information content (AvgIpc) is 2.91. The Kier molecular flexibility index (Phi) is 5.19. The van der Waals surface area contributed by atoms with Crippen LogP contribution in [0.1, 0.15) is 16.8 Å². The number of hydrogen-bond acceptors (Lipinski definition) is 3. The van der Waals surface area contributed by atoms with E-state index in [-0.39, 0.29) is 17.2 Å². The number of halogens is 2. The second kappa shape index (κ2) is 6.90. The Morgan fingerprint density at radius 3 is 2.90 bits per heavy atom. The van der Waals surface area contributed by atoms with Crippen LogP contribution in [-0.2, 0) is 6.54 Å². The number of nitrogens with zero attached hydrogens (tertiary/aromatic N) is 2. The number of aryl methyl sites for hydroxylation is 1. The fourth-order valence-electron chi connectivity index (χ4n) is 1.72. The normalized spacial score (nSPS) is 10.5. The number of rotatable bonds is 5. The number of carbonyl (C=O) groups is 1. The molecule has 0 radical (unpaired) electrons. The number of phenols is 1. The molecule has 1 heterocycles. The number of carbonyl (C=O) groups excluding carboxylic acids is 1. The molecule has 0 aliphatic rings. The molecule has 2 rings (SSSR count). The quantitative estimate of drug-likeness (QED) is 0.755. The van der Waals surface area contributed by atoms with Crippen molar-refractivity contribution < 1.29 is 9.90 Å². The van der Waals surface area contributed by atoms with Gasteiger partial charge in [0.2, 0.25) is 0 Å². The van der Waals surface area contributed by atoms with Gasteiger partial charge in [0.15, 0.2) is 0 Å². The Bertz CT molecular complexity index is 600. The number of amides is 1. The lowest BCUT2D eigenvalue weighted by atomic mass is 10.2. The van der Waals surface area contributed by atoms with Gasteiger partial charge in [0, 0.05) is 30.0 Å². The number of phenolic OH excluding ortho intramolecular Hbond substituents is 1. The minimum atomic E-state index is -0.296. The van der Waals surface area contributed by atoms with E-state index in [1.54, 1.807) is 24.7 Å². The molecule has 0 atom stereocenters. The maximum Gasteiger partial charge on any atom is 0.255 e. The summed E-state index contributed by atoms with van der Waals surface area (Å²) in [6.07, 6.45) is 6.12. The van der Waals surface area contributed by atoms with Crippen molar-refractivity contribution in [2.45, 2.75) is 13.0 Å². The summed E-state index contributed by atoms with van der Waals surface area (Å²) in [6.45, 7) is 1.31. The van der Waals surface area contributed by atoms with Crippen LogP contribution in [-0.4, -0.2) is 27.1 Å². The van der Waals surface area contributed by atoms with Crippen LogP contribution in [0.5, 0.6) is 5.75 Å². The molecule has 0 unspecified atom stereocenters. The van der Waals surface area contributed by atoms with E-state index in [1.165, 1.54) is 0 Å². The molecule has 7 heteroatoms. The predicted octanol–water partition coefficient (Wildman–Crippen LogP) is 2.93. The zero-order chi connectivity index (χ0) is 14.5. The van der Waals surface area contributed by atoms with Crippen molar-refractivity contribution in [2.24, 2.45) is 0 Å². The first-order valence-corrected chi connectivity index (χ1v) is 7.58. The van der Waals surface area contributed by atoms with Crippen LogP contribution < -0.4 is 5.32 Å². The van der Waals surface area contributed by atoms with Gasteiger partial charge in [-0.05, 0) is 34.5 Å². The van der Waals surface area contributed by atoms with E-state index in [0.717, 1.165) is 17.4 Å². The molecule has 0 aliphatic carbocycles. The molecule has 106 valence electrons. The largest absolute Gasteiger partial charge is 0.506 e. The number of benzene rings is 1. The van der Waals surface area contributed by atoms with Crippen LogP contribution in [0.4, 0.5) is 0 Å². The van der Waals surface area contributed by atoms with Gasteiger partial charge in [0.05, 0.1) is 16.4 Å². The Morgan fingerprint density at radius 2 is 2.20 bits per heavy atom. The second-order valence-corrected chi connectivity index (χ2v) is 5.96. The molecule has 0 fully saturated rings. The maximum absolute atomic E-state index is 12.0. The van der Waals surface area contributed by atoms with E-state index in [9.17, 15) is 9.90 Å². The van der Waals surface area contributed by atoms with Gasteiger partial charge in [0.1, 0.15) is 5.75 Å². The van der Waals surface area contributed by atoms with Crippen molar-refractivity contribution in [2.75, 3.05) is 6.54 Å². The molecular formula is C13H13Br2N3O2. The first-order valence-electron chi connectivity index (χ1n) is 6.00. The molecule has 1 aromatic heterocycles. The molecule has 0 bridgehead atoms. The zero-order valence-electron chi connectivity index (χ0n) is 10.5. The average molecular weight is 403 g/mol. The molecule has 0 aliphatic heterocycles. The van der Waals surface area contributed by atoms with Crippen LogP contribution in [0.2, 0.25) is 0 Å². The maximum atomic E-state index is 12.0. The zero-order valence-corrected chi connectivity index (χ0v) is 13.7. The van der Waals surface area contributed by atoms with Crippen molar-refractivity contribution in [3.8, 4) is 5.75 Å². The third kappa shape index (κ3) is 3.83. The van der Waals surface area contributed by atoms with Gasteiger partial charge in [-0.25, -0.2) is 4.98 Å². The van der Waals surface area contributed by atoms with Crippen LogP contribution >= 0.6 is 31.9 Å². The number of hydrogen-bond donors (Lipinski definition) is 2. The highest BCUT2D eigenvalue weighted by Crippen LogP contribution is 2.31. The van der Waals surface area contributed by atoms with Gasteiger partial charge in [-0.1, -0.05) is 15.9 Å². The fourth-order valence-corrected chi connectivity index (χ4v) is 2.94. The minimum Gasteiger partial charge on any atom is -0.506 e. The highest BCUT2D eigenvalue weighted by atomic mass is 79.9. The number of imidazole rings is 1. The topological polar surface area (TPSA) is 67.2 Å². The molecule has 1 amide bonds. The SMILES string of the molecule is O=C(NCCCn1ccnc1)c1cc(Br)cc(Br)c1O. The summed E-state index contributed by atoms with van der Waals surface area (Å²) in [5.41, 5.74) is 0.244. The lowest BCUT2D eigenvalue weighted by molar-refractivity contribution is 0.0950. The van der Waals surface area contributed by atoms with E-state index >= 15 is 0 Å². The Morgan fingerprint density at radius 1 is 1.40 bits per heavy atom.